The first-order chi connectivity index (χ1) is 16.7. The first kappa shape index (κ1) is 25.3. The van der Waals surface area contributed by atoms with E-state index in [-0.39, 0.29) is 23.8 Å². The monoisotopic (exact) mass is 474 g/mol. The van der Waals surface area contributed by atoms with E-state index in [1.807, 2.05) is 29.2 Å². The lowest BCUT2D eigenvalue weighted by Crippen LogP contribution is -2.57. The second kappa shape index (κ2) is 10.5. The Labute approximate surface area is 209 Å². The highest BCUT2D eigenvalue weighted by atomic mass is 16.3. The first-order valence-corrected chi connectivity index (χ1v) is 12.7. The van der Waals surface area contributed by atoms with Gasteiger partial charge in [0.25, 0.3) is 5.91 Å². The number of amides is 1. The van der Waals surface area contributed by atoms with Gasteiger partial charge in [-0.05, 0) is 67.4 Å². The standard InChI is InChI=1S/C30H38N2O3/c1-21-17-31(18-22(2)32(21)19-23-8-10-25(11-9-23)28(34)20-33)29(35)27-7-5-6-26(16-27)24-12-14-30(3,4)15-13-24/h5-12,16,21-22,33H,13-15,17-20H2,1-4H3/t21-,22+. The third-order valence-electron chi connectivity index (χ3n) is 7.63. The van der Waals surface area contributed by atoms with Crippen molar-refractivity contribution in [3.05, 3.63) is 76.9 Å². The van der Waals surface area contributed by atoms with Crippen LogP contribution in [-0.4, -0.2) is 58.4 Å². The summed E-state index contributed by atoms with van der Waals surface area (Å²) in [5, 5.41) is 9.05. The zero-order valence-corrected chi connectivity index (χ0v) is 21.5. The van der Waals surface area contributed by atoms with Crippen molar-refractivity contribution in [1.82, 2.24) is 9.80 Å². The molecule has 0 spiro atoms. The summed E-state index contributed by atoms with van der Waals surface area (Å²) < 4.78 is 0. The number of ketones is 1. The van der Waals surface area contributed by atoms with E-state index in [2.05, 4.69) is 50.8 Å². The highest BCUT2D eigenvalue weighted by Gasteiger charge is 2.32. The SMILES string of the molecule is C[C@@H]1CN(C(=O)c2cccc(C3=CCC(C)(C)CC3)c2)C[C@H](C)N1Cc1ccc(C(=O)CO)cc1. The zero-order valence-electron chi connectivity index (χ0n) is 21.5. The summed E-state index contributed by atoms with van der Waals surface area (Å²) in [5.74, 6) is -0.160. The Kier molecular flexibility index (Phi) is 7.58. The van der Waals surface area contributed by atoms with E-state index in [0.29, 0.717) is 24.1 Å². The van der Waals surface area contributed by atoms with E-state index in [1.165, 1.54) is 17.6 Å². The van der Waals surface area contributed by atoms with Crippen molar-refractivity contribution in [2.24, 2.45) is 5.41 Å². The number of rotatable bonds is 6. The fourth-order valence-corrected chi connectivity index (χ4v) is 5.31. The maximum atomic E-state index is 13.5. The fourth-order valence-electron chi connectivity index (χ4n) is 5.31. The average molecular weight is 475 g/mol. The van der Waals surface area contributed by atoms with Gasteiger partial charge in [0.15, 0.2) is 5.78 Å². The van der Waals surface area contributed by atoms with Crippen LogP contribution in [0.2, 0.25) is 0 Å². The van der Waals surface area contributed by atoms with Crippen molar-refractivity contribution in [3.8, 4) is 0 Å². The van der Waals surface area contributed by atoms with E-state index < -0.39 is 6.61 Å². The fraction of sp³-hybridized carbons (Fsp3) is 0.467. The minimum atomic E-state index is -0.470. The minimum absolute atomic E-state index is 0.105. The zero-order chi connectivity index (χ0) is 25.2. The van der Waals surface area contributed by atoms with Gasteiger partial charge in [-0.15, -0.1) is 0 Å². The summed E-state index contributed by atoms with van der Waals surface area (Å²) in [7, 11) is 0. The number of carbonyl (C=O) groups is 2. The molecule has 0 bridgehead atoms. The van der Waals surface area contributed by atoms with Gasteiger partial charge in [0.05, 0.1) is 0 Å². The third kappa shape index (κ3) is 5.91. The predicted octanol–water partition coefficient (Wildman–Crippen LogP) is 5.19. The van der Waals surface area contributed by atoms with E-state index in [9.17, 15) is 9.59 Å². The molecular formula is C30H38N2O3. The summed E-state index contributed by atoms with van der Waals surface area (Å²) in [5.41, 5.74) is 5.32. The van der Waals surface area contributed by atoms with Gasteiger partial charge in [0.2, 0.25) is 0 Å². The van der Waals surface area contributed by atoms with E-state index >= 15 is 0 Å². The lowest BCUT2D eigenvalue weighted by Gasteiger charge is -2.44. The first-order valence-electron chi connectivity index (χ1n) is 12.7. The molecule has 1 aliphatic heterocycles. The number of nitrogens with zero attached hydrogens (tertiary/aromatic N) is 2. The van der Waals surface area contributed by atoms with Crippen LogP contribution < -0.4 is 0 Å². The van der Waals surface area contributed by atoms with Crippen LogP contribution in [0.5, 0.6) is 0 Å². The van der Waals surface area contributed by atoms with Crippen LogP contribution in [0.25, 0.3) is 5.57 Å². The average Bonchev–Trinajstić information content (AvgIpc) is 2.85. The third-order valence-corrected chi connectivity index (χ3v) is 7.63. The summed E-state index contributed by atoms with van der Waals surface area (Å²) in [6, 6.07) is 16.0. The van der Waals surface area contributed by atoms with Crippen LogP contribution in [-0.2, 0) is 6.54 Å². The highest BCUT2D eigenvalue weighted by Crippen LogP contribution is 2.38. The van der Waals surface area contributed by atoms with Crippen LogP contribution in [0.15, 0.2) is 54.6 Å². The molecule has 1 N–H and O–H groups in total. The van der Waals surface area contributed by atoms with Gasteiger partial charge >= 0.3 is 0 Å². The molecule has 186 valence electrons. The van der Waals surface area contributed by atoms with Gasteiger partial charge in [0.1, 0.15) is 6.61 Å². The normalized spacial score (nSPS) is 22.5. The van der Waals surface area contributed by atoms with Crippen molar-refractivity contribution in [3.63, 3.8) is 0 Å². The Bertz CT molecular complexity index is 1090. The summed E-state index contributed by atoms with van der Waals surface area (Å²) in [6.45, 7) is 10.6. The predicted molar refractivity (Wildman–Crippen MR) is 140 cm³/mol. The van der Waals surface area contributed by atoms with Crippen molar-refractivity contribution in [1.29, 1.82) is 0 Å². The molecule has 2 aromatic rings. The van der Waals surface area contributed by atoms with Crippen molar-refractivity contribution in [2.75, 3.05) is 19.7 Å². The molecule has 0 radical (unpaired) electrons. The van der Waals surface area contributed by atoms with Crippen LogP contribution in [0, 0.1) is 5.41 Å². The Hall–Kier alpha value is -2.76. The Balaban J connectivity index is 1.42. The van der Waals surface area contributed by atoms with E-state index in [4.69, 9.17) is 5.11 Å². The number of carbonyl (C=O) groups excluding carboxylic acids is 2. The lowest BCUT2D eigenvalue weighted by molar-refractivity contribution is 0.0269. The van der Waals surface area contributed by atoms with Crippen LogP contribution in [0.4, 0.5) is 0 Å². The van der Waals surface area contributed by atoms with Crippen molar-refractivity contribution in [2.45, 2.75) is 65.6 Å². The lowest BCUT2D eigenvalue weighted by atomic mass is 9.77. The van der Waals surface area contributed by atoms with Gasteiger partial charge < -0.3 is 10.0 Å². The smallest absolute Gasteiger partial charge is 0.253 e. The van der Waals surface area contributed by atoms with Gasteiger partial charge in [-0.1, -0.05) is 56.3 Å². The molecule has 5 heteroatoms. The molecule has 2 aliphatic rings. The van der Waals surface area contributed by atoms with E-state index in [1.54, 1.807) is 12.1 Å². The molecule has 2 atom stereocenters. The van der Waals surface area contributed by atoms with Crippen LogP contribution in [0.3, 0.4) is 0 Å². The summed E-state index contributed by atoms with van der Waals surface area (Å²) in [4.78, 5) is 29.5. The molecule has 5 nitrogen and oxygen atoms in total. The molecule has 4 rings (SSSR count). The Morgan fingerprint density at radius 1 is 1.00 bits per heavy atom. The molecule has 1 heterocycles. The second-order valence-corrected chi connectivity index (χ2v) is 11.0. The Morgan fingerprint density at radius 2 is 1.69 bits per heavy atom. The topological polar surface area (TPSA) is 60.9 Å². The highest BCUT2D eigenvalue weighted by molar-refractivity contribution is 5.97. The molecule has 2 aromatic carbocycles. The molecule has 1 saturated heterocycles. The quantitative estimate of drug-likeness (QED) is 0.586. The number of hydrogen-bond acceptors (Lipinski definition) is 4. The molecule has 0 aromatic heterocycles. The van der Waals surface area contributed by atoms with Gasteiger partial charge in [0, 0.05) is 42.8 Å². The molecule has 1 amide bonds. The molecule has 0 saturated carbocycles. The van der Waals surface area contributed by atoms with E-state index in [0.717, 1.165) is 30.5 Å². The number of benzene rings is 2. The largest absolute Gasteiger partial charge is 0.388 e. The number of aliphatic hydroxyl groups excluding tert-OH is 1. The number of allylic oxidation sites excluding steroid dienone is 2. The van der Waals surface area contributed by atoms with Crippen LogP contribution >= 0.6 is 0 Å². The second-order valence-electron chi connectivity index (χ2n) is 11.0. The molecule has 0 unspecified atom stereocenters. The maximum absolute atomic E-state index is 13.5. The van der Waals surface area contributed by atoms with Gasteiger partial charge in [-0.3, -0.25) is 14.5 Å². The van der Waals surface area contributed by atoms with Gasteiger partial charge in [-0.25, -0.2) is 0 Å². The molecule has 35 heavy (non-hydrogen) atoms. The Morgan fingerprint density at radius 3 is 2.29 bits per heavy atom. The number of hydrogen-bond donors (Lipinski definition) is 1. The minimum Gasteiger partial charge on any atom is -0.388 e. The van der Waals surface area contributed by atoms with Crippen molar-refractivity contribution < 1.29 is 14.7 Å². The summed E-state index contributed by atoms with van der Waals surface area (Å²) >= 11 is 0. The van der Waals surface area contributed by atoms with Crippen LogP contribution in [0.1, 0.15) is 78.8 Å². The molecule has 1 aliphatic carbocycles. The number of Topliss-reactive ketones (excluding diaryl/α,β-unsaturated/α-hetero) is 1. The number of aliphatic hydroxyl groups is 1. The summed E-state index contributed by atoms with van der Waals surface area (Å²) in [6.07, 6.45) is 5.67. The van der Waals surface area contributed by atoms with Crippen molar-refractivity contribution >= 4 is 17.3 Å². The number of piperazine rings is 1. The molecular weight excluding hydrogens is 436 g/mol. The molecule has 1 fully saturated rings. The van der Waals surface area contributed by atoms with Gasteiger partial charge in [-0.2, -0.15) is 0 Å². The maximum Gasteiger partial charge on any atom is 0.253 e.